The minimum atomic E-state index is -0.858. The van der Waals surface area contributed by atoms with E-state index in [4.69, 9.17) is 0 Å². The smallest absolute Gasteiger partial charge is 0.315 e. The number of amides is 3. The van der Waals surface area contributed by atoms with Gasteiger partial charge in [-0.25, -0.2) is 13.6 Å². The lowest BCUT2D eigenvalue weighted by Gasteiger charge is -2.19. The number of anilines is 1. The normalized spacial score (nSPS) is 23.6. The number of benzene rings is 1. The molecule has 2 saturated heterocycles. The molecular formula is C15H18F2N4O2. The van der Waals surface area contributed by atoms with Gasteiger partial charge < -0.3 is 20.9 Å². The molecule has 2 unspecified atom stereocenters. The molecule has 3 rings (SSSR count). The van der Waals surface area contributed by atoms with Crippen LogP contribution >= 0.6 is 0 Å². The molecule has 2 fully saturated rings. The van der Waals surface area contributed by atoms with E-state index in [1.165, 1.54) is 6.07 Å². The number of urea groups is 1. The van der Waals surface area contributed by atoms with Gasteiger partial charge in [-0.15, -0.1) is 0 Å². The Kier molecular flexibility index (Phi) is 4.31. The summed E-state index contributed by atoms with van der Waals surface area (Å²) in [7, 11) is 0. The molecule has 3 N–H and O–H groups in total. The summed E-state index contributed by atoms with van der Waals surface area (Å²) < 4.78 is 26.3. The van der Waals surface area contributed by atoms with Gasteiger partial charge in [0, 0.05) is 37.9 Å². The van der Waals surface area contributed by atoms with Crippen molar-refractivity contribution in [1.29, 1.82) is 0 Å². The second-order valence-corrected chi connectivity index (χ2v) is 5.85. The highest BCUT2D eigenvalue weighted by Crippen LogP contribution is 2.24. The van der Waals surface area contributed by atoms with Gasteiger partial charge in [0.1, 0.15) is 6.04 Å². The van der Waals surface area contributed by atoms with Crippen LogP contribution in [-0.2, 0) is 4.79 Å². The van der Waals surface area contributed by atoms with Crippen molar-refractivity contribution in [2.75, 3.05) is 31.1 Å². The molecule has 1 aromatic carbocycles. The molecular weight excluding hydrogens is 306 g/mol. The third kappa shape index (κ3) is 3.52. The van der Waals surface area contributed by atoms with Gasteiger partial charge in [-0.3, -0.25) is 4.79 Å². The summed E-state index contributed by atoms with van der Waals surface area (Å²) in [6.45, 7) is 2.18. The van der Waals surface area contributed by atoms with E-state index in [9.17, 15) is 18.4 Å². The molecule has 0 aromatic heterocycles. The summed E-state index contributed by atoms with van der Waals surface area (Å²) >= 11 is 0. The van der Waals surface area contributed by atoms with Crippen LogP contribution in [0.2, 0.25) is 0 Å². The van der Waals surface area contributed by atoms with Gasteiger partial charge in [0.05, 0.1) is 0 Å². The molecule has 2 aliphatic heterocycles. The first kappa shape index (κ1) is 15.5. The van der Waals surface area contributed by atoms with Crippen molar-refractivity contribution in [3.05, 3.63) is 29.8 Å². The summed E-state index contributed by atoms with van der Waals surface area (Å²) in [4.78, 5) is 24.9. The minimum Gasteiger partial charge on any atom is -0.371 e. The lowest BCUT2D eigenvalue weighted by Crippen LogP contribution is -2.44. The number of nitrogens with zero attached hydrogens (tertiary/aromatic N) is 1. The molecule has 0 saturated carbocycles. The van der Waals surface area contributed by atoms with Gasteiger partial charge in [0.25, 0.3) is 0 Å². The third-order valence-corrected chi connectivity index (χ3v) is 4.21. The molecule has 0 spiro atoms. The van der Waals surface area contributed by atoms with E-state index in [2.05, 4.69) is 16.0 Å². The van der Waals surface area contributed by atoms with Gasteiger partial charge in [-0.1, -0.05) is 0 Å². The summed E-state index contributed by atoms with van der Waals surface area (Å²) in [5.74, 6) is -1.69. The minimum absolute atomic E-state index is 0.213. The van der Waals surface area contributed by atoms with Crippen LogP contribution in [0.4, 0.5) is 19.3 Å². The van der Waals surface area contributed by atoms with Crippen molar-refractivity contribution >= 4 is 17.6 Å². The van der Waals surface area contributed by atoms with E-state index in [1.54, 1.807) is 6.07 Å². The second-order valence-electron chi connectivity index (χ2n) is 5.85. The molecule has 1 aromatic rings. The molecule has 23 heavy (non-hydrogen) atoms. The zero-order valence-corrected chi connectivity index (χ0v) is 12.4. The SMILES string of the molecule is O=C1NCC(C(=O)NCC2CCN(c3ccc(F)c(F)c3)C2)N1. The Morgan fingerprint density at radius 2 is 2.17 bits per heavy atom. The van der Waals surface area contributed by atoms with E-state index in [0.717, 1.165) is 19.0 Å². The monoisotopic (exact) mass is 324 g/mol. The van der Waals surface area contributed by atoms with Crippen LogP contribution in [0.1, 0.15) is 6.42 Å². The lowest BCUT2D eigenvalue weighted by atomic mass is 10.1. The fraction of sp³-hybridized carbons (Fsp3) is 0.467. The zero-order chi connectivity index (χ0) is 16.4. The average molecular weight is 324 g/mol. The number of hydrogen-bond acceptors (Lipinski definition) is 3. The van der Waals surface area contributed by atoms with Crippen molar-refractivity contribution in [3.8, 4) is 0 Å². The van der Waals surface area contributed by atoms with Crippen LogP contribution < -0.4 is 20.9 Å². The molecule has 6 nitrogen and oxygen atoms in total. The van der Waals surface area contributed by atoms with E-state index in [-0.39, 0.29) is 24.4 Å². The number of carbonyl (C=O) groups is 2. The topological polar surface area (TPSA) is 73.5 Å². The Labute approximate surface area is 132 Å². The fourth-order valence-corrected chi connectivity index (χ4v) is 2.90. The average Bonchev–Trinajstić information content (AvgIpc) is 3.17. The summed E-state index contributed by atoms with van der Waals surface area (Å²) in [6, 6.07) is 2.99. The maximum atomic E-state index is 13.3. The lowest BCUT2D eigenvalue weighted by molar-refractivity contribution is -0.122. The molecule has 124 valence electrons. The number of hydrogen-bond donors (Lipinski definition) is 3. The van der Waals surface area contributed by atoms with Gasteiger partial charge in [-0.2, -0.15) is 0 Å². The summed E-state index contributed by atoms with van der Waals surface area (Å²) in [6.07, 6.45) is 0.856. The molecule has 8 heteroatoms. The predicted octanol–water partition coefficient (Wildman–Crippen LogP) is 0.589. The number of carbonyl (C=O) groups excluding carboxylic acids is 2. The Morgan fingerprint density at radius 3 is 2.87 bits per heavy atom. The first-order valence-electron chi connectivity index (χ1n) is 7.55. The summed E-state index contributed by atoms with van der Waals surface area (Å²) in [5, 5.41) is 7.88. The zero-order valence-electron chi connectivity index (χ0n) is 12.4. The standard InChI is InChI=1S/C15H18F2N4O2/c16-11-2-1-10(5-12(11)17)21-4-3-9(8-21)6-18-14(22)13-7-19-15(23)20-13/h1-2,5,9,13H,3-4,6-8H2,(H,18,22)(H2,19,20,23). The van der Waals surface area contributed by atoms with Crippen LogP contribution in [0.5, 0.6) is 0 Å². The van der Waals surface area contributed by atoms with Crippen LogP contribution in [0.25, 0.3) is 0 Å². The first-order chi connectivity index (χ1) is 11.0. The Morgan fingerprint density at radius 1 is 1.35 bits per heavy atom. The van der Waals surface area contributed by atoms with Crippen molar-refractivity contribution < 1.29 is 18.4 Å². The van der Waals surface area contributed by atoms with E-state index in [0.29, 0.717) is 18.8 Å². The first-order valence-corrected chi connectivity index (χ1v) is 7.55. The maximum Gasteiger partial charge on any atom is 0.315 e. The fourth-order valence-electron chi connectivity index (χ4n) is 2.90. The molecule has 0 aliphatic carbocycles. The number of halogens is 2. The van der Waals surface area contributed by atoms with Crippen molar-refractivity contribution in [1.82, 2.24) is 16.0 Å². The molecule has 0 radical (unpaired) electrons. The highest BCUT2D eigenvalue weighted by atomic mass is 19.2. The Hall–Kier alpha value is -2.38. The Bertz CT molecular complexity index is 625. The van der Waals surface area contributed by atoms with Crippen LogP contribution in [-0.4, -0.2) is 44.2 Å². The second kappa shape index (κ2) is 6.39. The number of nitrogens with one attached hydrogen (secondary N) is 3. The van der Waals surface area contributed by atoms with Crippen molar-refractivity contribution in [2.45, 2.75) is 12.5 Å². The van der Waals surface area contributed by atoms with Gasteiger partial charge >= 0.3 is 6.03 Å². The largest absolute Gasteiger partial charge is 0.371 e. The number of rotatable bonds is 4. The van der Waals surface area contributed by atoms with E-state index < -0.39 is 17.7 Å². The Balaban J connectivity index is 1.49. The van der Waals surface area contributed by atoms with Crippen LogP contribution in [0, 0.1) is 17.6 Å². The summed E-state index contributed by atoms with van der Waals surface area (Å²) in [5.41, 5.74) is 0.644. The molecule has 2 heterocycles. The van der Waals surface area contributed by atoms with Gasteiger partial charge in [0.2, 0.25) is 5.91 Å². The predicted molar refractivity (Wildman–Crippen MR) is 80.0 cm³/mol. The van der Waals surface area contributed by atoms with Gasteiger partial charge in [-0.05, 0) is 24.5 Å². The van der Waals surface area contributed by atoms with Crippen LogP contribution in [0.3, 0.4) is 0 Å². The van der Waals surface area contributed by atoms with E-state index >= 15 is 0 Å². The quantitative estimate of drug-likeness (QED) is 0.759. The molecule has 0 bridgehead atoms. The van der Waals surface area contributed by atoms with E-state index in [1.807, 2.05) is 4.90 Å². The van der Waals surface area contributed by atoms with Crippen molar-refractivity contribution in [2.24, 2.45) is 5.92 Å². The highest BCUT2D eigenvalue weighted by molar-refractivity contribution is 5.90. The molecule has 2 aliphatic rings. The van der Waals surface area contributed by atoms with Crippen molar-refractivity contribution in [3.63, 3.8) is 0 Å². The van der Waals surface area contributed by atoms with Crippen LogP contribution in [0.15, 0.2) is 18.2 Å². The molecule has 2 atom stereocenters. The highest BCUT2D eigenvalue weighted by Gasteiger charge is 2.28. The maximum absolute atomic E-state index is 13.3. The molecule has 3 amide bonds. The third-order valence-electron chi connectivity index (χ3n) is 4.21. The van der Waals surface area contributed by atoms with Gasteiger partial charge in [0.15, 0.2) is 11.6 Å².